The molecule has 4 atom stereocenters. The second-order valence-corrected chi connectivity index (χ2v) is 11.1. The first-order valence-corrected chi connectivity index (χ1v) is 14.2. The van der Waals surface area contributed by atoms with Gasteiger partial charge in [-0.25, -0.2) is 9.18 Å². The quantitative estimate of drug-likeness (QED) is 0.399. The van der Waals surface area contributed by atoms with Crippen LogP contribution in [0, 0.1) is 17.7 Å². The maximum absolute atomic E-state index is 15.6. The first kappa shape index (κ1) is 29.0. The number of aryl methyl sites for hydroxylation is 1. The van der Waals surface area contributed by atoms with Gasteiger partial charge >= 0.3 is 6.09 Å². The summed E-state index contributed by atoms with van der Waals surface area (Å²) in [5, 5.41) is 15.2. The zero-order chi connectivity index (χ0) is 28.0. The van der Waals surface area contributed by atoms with Gasteiger partial charge in [0.15, 0.2) is 0 Å². The third-order valence-corrected chi connectivity index (χ3v) is 8.52. The molecule has 2 aromatic carbocycles. The highest BCUT2D eigenvalue weighted by Gasteiger charge is 2.44. The second kappa shape index (κ2) is 12.9. The van der Waals surface area contributed by atoms with Crippen molar-refractivity contribution in [3.05, 3.63) is 59.4 Å². The van der Waals surface area contributed by atoms with E-state index in [9.17, 15) is 14.7 Å². The number of carbonyl (C=O) groups excluding carboxylic acids is 2. The number of amides is 2. The molecule has 7 nitrogen and oxygen atoms in total. The molecule has 2 unspecified atom stereocenters. The highest BCUT2D eigenvalue weighted by molar-refractivity contribution is 5.79. The largest absolute Gasteiger partial charge is 0.453 e. The predicted octanol–water partition coefficient (Wildman–Crippen LogP) is 4.74. The third-order valence-electron chi connectivity index (χ3n) is 8.52. The summed E-state index contributed by atoms with van der Waals surface area (Å²) in [6.45, 7) is 3.41. The molecule has 2 aromatic rings. The number of nitrogens with zero attached hydrogens (tertiary/aromatic N) is 1. The van der Waals surface area contributed by atoms with E-state index in [1.807, 2.05) is 35.2 Å². The van der Waals surface area contributed by atoms with Crippen LogP contribution >= 0.6 is 0 Å². The lowest BCUT2D eigenvalue weighted by Gasteiger charge is -2.44. The molecule has 0 spiro atoms. The molecule has 1 aliphatic heterocycles. The Hall–Kier alpha value is -2.97. The Labute approximate surface area is 230 Å². The number of nitrogens with two attached hydrogens (primary N) is 1. The molecule has 212 valence electrons. The van der Waals surface area contributed by atoms with Crippen molar-refractivity contribution in [2.24, 2.45) is 17.6 Å². The fourth-order valence-electron chi connectivity index (χ4n) is 6.37. The molecular formula is C31H42FN3O4. The number of piperidine rings is 1. The number of halogens is 1. The number of aliphatic hydroxyl groups is 1. The Kier molecular flexibility index (Phi) is 9.62. The average Bonchev–Trinajstić information content (AvgIpc) is 3.40. The molecule has 1 saturated heterocycles. The normalized spacial score (nSPS) is 22.8. The number of rotatable bonds is 9. The van der Waals surface area contributed by atoms with Gasteiger partial charge in [-0.2, -0.15) is 0 Å². The van der Waals surface area contributed by atoms with E-state index in [4.69, 9.17) is 5.73 Å². The van der Waals surface area contributed by atoms with Crippen molar-refractivity contribution in [1.29, 1.82) is 0 Å². The van der Waals surface area contributed by atoms with Crippen molar-refractivity contribution in [2.75, 3.05) is 26.7 Å². The zero-order valence-electron chi connectivity index (χ0n) is 23.1. The lowest BCUT2D eigenvalue weighted by atomic mass is 9.72. The van der Waals surface area contributed by atoms with Gasteiger partial charge in [0.25, 0.3) is 0 Å². The number of benzene rings is 2. The summed E-state index contributed by atoms with van der Waals surface area (Å²) in [6.07, 6.45) is 4.84. The van der Waals surface area contributed by atoms with Gasteiger partial charge in [0, 0.05) is 43.1 Å². The number of nitrogens with one attached hydrogen (secondary N) is 1. The van der Waals surface area contributed by atoms with E-state index in [1.165, 1.54) is 13.2 Å². The molecule has 0 radical (unpaired) electrons. The number of ether oxygens (including phenoxy) is 1. The minimum Gasteiger partial charge on any atom is -0.453 e. The number of likely N-dealkylation sites (tertiary alicyclic amines) is 1. The van der Waals surface area contributed by atoms with Crippen LogP contribution in [0.3, 0.4) is 0 Å². The lowest BCUT2D eigenvalue weighted by molar-refractivity contribution is -0.140. The summed E-state index contributed by atoms with van der Waals surface area (Å²) in [4.78, 5) is 26.9. The third kappa shape index (κ3) is 6.61. The molecule has 2 aliphatic rings. The average molecular weight is 540 g/mol. The van der Waals surface area contributed by atoms with Gasteiger partial charge in [0.05, 0.1) is 12.7 Å². The summed E-state index contributed by atoms with van der Waals surface area (Å²) in [7, 11) is 1.31. The van der Waals surface area contributed by atoms with E-state index in [0.717, 1.165) is 36.8 Å². The molecular weight excluding hydrogens is 497 g/mol. The zero-order valence-corrected chi connectivity index (χ0v) is 23.1. The monoisotopic (exact) mass is 539 g/mol. The second-order valence-electron chi connectivity index (χ2n) is 11.1. The Balaban J connectivity index is 1.69. The van der Waals surface area contributed by atoms with E-state index in [2.05, 4.69) is 17.0 Å². The highest BCUT2D eigenvalue weighted by atomic mass is 19.1. The summed E-state index contributed by atoms with van der Waals surface area (Å²) in [5.74, 6) is -0.649. The number of hydrogen-bond donors (Lipinski definition) is 3. The number of alkyl carbamates (subject to hydrolysis) is 1. The van der Waals surface area contributed by atoms with Gasteiger partial charge in [-0.15, -0.1) is 0 Å². The minimum atomic E-state index is -1.41. The first-order chi connectivity index (χ1) is 18.8. The Morgan fingerprint density at radius 3 is 2.72 bits per heavy atom. The van der Waals surface area contributed by atoms with Crippen LogP contribution in [0.4, 0.5) is 9.18 Å². The summed E-state index contributed by atoms with van der Waals surface area (Å²) < 4.78 is 20.3. The van der Waals surface area contributed by atoms with Crippen LogP contribution in [0.15, 0.2) is 42.5 Å². The van der Waals surface area contributed by atoms with Crippen LogP contribution in [0.1, 0.15) is 63.0 Å². The van der Waals surface area contributed by atoms with Gasteiger partial charge in [-0.3, -0.25) is 4.79 Å². The molecule has 2 fully saturated rings. The molecule has 0 aromatic heterocycles. The highest BCUT2D eigenvalue weighted by Crippen LogP contribution is 2.44. The first-order valence-electron chi connectivity index (χ1n) is 14.2. The van der Waals surface area contributed by atoms with Crippen molar-refractivity contribution in [3.8, 4) is 11.1 Å². The van der Waals surface area contributed by atoms with Gasteiger partial charge < -0.3 is 25.8 Å². The molecule has 2 amide bonds. The summed E-state index contributed by atoms with van der Waals surface area (Å²) in [6, 6.07) is 12.7. The Morgan fingerprint density at radius 1 is 1.21 bits per heavy atom. The molecule has 4 rings (SSSR count). The van der Waals surface area contributed by atoms with Gasteiger partial charge in [-0.1, -0.05) is 43.3 Å². The van der Waals surface area contributed by atoms with Crippen molar-refractivity contribution in [2.45, 2.75) is 69.9 Å². The van der Waals surface area contributed by atoms with Gasteiger partial charge in [0.2, 0.25) is 5.91 Å². The number of carbonyl (C=O) groups is 2. The van der Waals surface area contributed by atoms with E-state index in [-0.39, 0.29) is 23.8 Å². The molecule has 0 bridgehead atoms. The van der Waals surface area contributed by atoms with Crippen molar-refractivity contribution in [1.82, 2.24) is 10.2 Å². The molecule has 39 heavy (non-hydrogen) atoms. The van der Waals surface area contributed by atoms with Crippen molar-refractivity contribution >= 4 is 12.0 Å². The lowest BCUT2D eigenvalue weighted by Crippen LogP contribution is -2.49. The van der Waals surface area contributed by atoms with Crippen LogP contribution in [-0.4, -0.2) is 54.8 Å². The van der Waals surface area contributed by atoms with Crippen LogP contribution < -0.4 is 11.1 Å². The van der Waals surface area contributed by atoms with Crippen LogP contribution in [0.5, 0.6) is 0 Å². The maximum Gasteiger partial charge on any atom is 0.406 e. The van der Waals surface area contributed by atoms with E-state index in [1.54, 1.807) is 6.07 Å². The fraction of sp³-hybridized carbons (Fsp3) is 0.548. The number of methoxy groups -OCH3 is 1. The topological polar surface area (TPSA) is 105 Å². The SMILES string of the molecule is CCc1cccc(-c2c(F)cccc2C(O)(CCCNC(=O)OC)C2CCCN(C(=O)[C@@H]3CC[C@H](N)C3)C2)c1. The maximum atomic E-state index is 15.6. The Bertz CT molecular complexity index is 1160. The molecule has 8 heteroatoms. The molecule has 4 N–H and O–H groups in total. The minimum absolute atomic E-state index is 0.0625. The Morgan fingerprint density at radius 2 is 2.00 bits per heavy atom. The number of hydrogen-bond acceptors (Lipinski definition) is 5. The van der Waals surface area contributed by atoms with E-state index in [0.29, 0.717) is 56.4 Å². The standard InChI is InChI=1S/C31H42FN3O4/c1-3-21-8-4-9-22(18-21)28-26(11-5-12-27(28)32)31(38,15-7-16-34-30(37)39-2)24-10-6-17-35(20-24)29(36)23-13-14-25(33)19-23/h4-5,8-9,11-12,18,23-25,38H,3,6-7,10,13-17,19-20,33H2,1-2H3,(H,34,37)/t23-,24?,25+,31?/m1/s1. The summed E-state index contributed by atoms with van der Waals surface area (Å²) in [5.41, 5.74) is 7.39. The molecule has 1 saturated carbocycles. The van der Waals surface area contributed by atoms with Gasteiger partial charge in [-0.05, 0) is 74.1 Å². The van der Waals surface area contributed by atoms with Crippen LogP contribution in [0.25, 0.3) is 11.1 Å². The smallest absolute Gasteiger partial charge is 0.406 e. The van der Waals surface area contributed by atoms with E-state index >= 15 is 4.39 Å². The van der Waals surface area contributed by atoms with Crippen molar-refractivity contribution in [3.63, 3.8) is 0 Å². The molecule has 1 aliphatic carbocycles. The van der Waals surface area contributed by atoms with Crippen LogP contribution in [0.2, 0.25) is 0 Å². The summed E-state index contributed by atoms with van der Waals surface area (Å²) >= 11 is 0. The van der Waals surface area contributed by atoms with E-state index < -0.39 is 17.5 Å². The van der Waals surface area contributed by atoms with Crippen LogP contribution in [-0.2, 0) is 21.6 Å². The molecule has 1 heterocycles. The fourth-order valence-corrected chi connectivity index (χ4v) is 6.37. The van der Waals surface area contributed by atoms with Gasteiger partial charge in [0.1, 0.15) is 5.82 Å². The predicted molar refractivity (Wildman–Crippen MR) is 149 cm³/mol. The van der Waals surface area contributed by atoms with Crippen molar-refractivity contribution < 1.29 is 23.8 Å².